The summed E-state index contributed by atoms with van der Waals surface area (Å²) in [6, 6.07) is 0. The van der Waals surface area contributed by atoms with E-state index in [2.05, 4.69) is 9.84 Å². The first-order valence-electron chi connectivity index (χ1n) is 5.89. The quantitative estimate of drug-likeness (QED) is 0.788. The molecule has 0 aliphatic rings. The van der Waals surface area contributed by atoms with Crippen LogP contribution < -0.4 is 0 Å². The molecule has 110 valence electrons. The summed E-state index contributed by atoms with van der Waals surface area (Å²) in [4.78, 5) is 0. The molecular weight excluding hydrogens is 285 g/mol. The highest BCUT2D eigenvalue weighted by Crippen LogP contribution is 2.25. The average Bonchev–Trinajstić information content (AvgIpc) is 2.65. The number of aryl methyl sites for hydroxylation is 1. The van der Waals surface area contributed by atoms with Crippen molar-refractivity contribution in [2.24, 2.45) is 0 Å². The topological polar surface area (TPSA) is 47.3 Å². The molecule has 0 radical (unpaired) electrons. The monoisotopic (exact) mass is 300 g/mol. The lowest BCUT2D eigenvalue weighted by molar-refractivity contribution is -0.175. The maximum atomic E-state index is 11.9. The summed E-state index contributed by atoms with van der Waals surface area (Å²) in [5, 5.41) is 14.2. The highest BCUT2D eigenvalue weighted by atomic mass is 35.5. The van der Waals surface area contributed by atoms with E-state index in [1.54, 1.807) is 4.68 Å². The molecule has 1 rings (SSSR count). The molecule has 0 spiro atoms. The zero-order valence-corrected chi connectivity index (χ0v) is 11.2. The van der Waals surface area contributed by atoms with Crippen molar-refractivity contribution in [2.75, 3.05) is 13.2 Å². The van der Waals surface area contributed by atoms with Crippen LogP contribution >= 0.6 is 11.6 Å². The third-order valence-corrected chi connectivity index (χ3v) is 2.68. The van der Waals surface area contributed by atoms with Crippen LogP contribution in [0.1, 0.15) is 31.6 Å². The number of rotatable bonds is 7. The molecule has 0 aromatic carbocycles. The van der Waals surface area contributed by atoms with Crippen LogP contribution in [0.15, 0.2) is 6.20 Å². The Morgan fingerprint density at radius 1 is 1.53 bits per heavy atom. The minimum Gasteiger partial charge on any atom is -0.387 e. The zero-order valence-electron chi connectivity index (χ0n) is 10.5. The van der Waals surface area contributed by atoms with Crippen molar-refractivity contribution in [3.63, 3.8) is 0 Å². The minimum absolute atomic E-state index is 0.0329. The zero-order chi connectivity index (χ0) is 14.5. The second-order valence-corrected chi connectivity index (χ2v) is 4.48. The summed E-state index contributed by atoms with van der Waals surface area (Å²) in [7, 11) is 0. The Hall–Kier alpha value is -0.790. The molecule has 0 saturated heterocycles. The van der Waals surface area contributed by atoms with Crippen molar-refractivity contribution in [3.8, 4) is 0 Å². The summed E-state index contributed by atoms with van der Waals surface area (Å²) in [6.45, 7) is 1.01. The summed E-state index contributed by atoms with van der Waals surface area (Å²) in [5.74, 6) is 0. The number of hydrogen-bond acceptors (Lipinski definition) is 3. The van der Waals surface area contributed by atoms with Crippen molar-refractivity contribution < 1.29 is 23.0 Å². The normalized spacial score (nSPS) is 13.8. The highest BCUT2D eigenvalue weighted by molar-refractivity contribution is 6.31. The van der Waals surface area contributed by atoms with E-state index in [1.807, 2.05) is 6.92 Å². The molecule has 0 bridgehead atoms. The summed E-state index contributed by atoms with van der Waals surface area (Å²) in [5.41, 5.74) is 0.416. The van der Waals surface area contributed by atoms with Crippen LogP contribution in [0.4, 0.5) is 13.2 Å². The molecule has 1 unspecified atom stereocenters. The van der Waals surface area contributed by atoms with Crippen LogP contribution in [0.3, 0.4) is 0 Å². The Labute approximate surface area is 114 Å². The highest BCUT2D eigenvalue weighted by Gasteiger charge is 2.27. The van der Waals surface area contributed by atoms with Crippen molar-refractivity contribution in [3.05, 3.63) is 16.9 Å². The van der Waals surface area contributed by atoms with Crippen molar-refractivity contribution in [1.29, 1.82) is 0 Å². The van der Waals surface area contributed by atoms with Gasteiger partial charge in [-0.25, -0.2) is 0 Å². The SMILES string of the molecule is CCCn1ncc(Cl)c1C(O)CCOCC(F)(F)F. The Balaban J connectivity index is 2.49. The van der Waals surface area contributed by atoms with Gasteiger partial charge in [0.15, 0.2) is 0 Å². The first kappa shape index (κ1) is 16.3. The first-order valence-corrected chi connectivity index (χ1v) is 6.26. The number of aliphatic hydroxyl groups is 1. The molecule has 19 heavy (non-hydrogen) atoms. The molecule has 0 aliphatic carbocycles. The van der Waals surface area contributed by atoms with Crippen LogP contribution in [0.2, 0.25) is 5.02 Å². The molecule has 0 fully saturated rings. The first-order chi connectivity index (χ1) is 8.85. The molecule has 1 aromatic heterocycles. The molecule has 0 saturated carbocycles. The number of halogens is 4. The Bertz CT molecular complexity index is 396. The van der Waals surface area contributed by atoms with Gasteiger partial charge < -0.3 is 9.84 Å². The minimum atomic E-state index is -4.35. The molecule has 0 amide bonds. The van der Waals surface area contributed by atoms with Gasteiger partial charge in [0.05, 0.1) is 23.0 Å². The van der Waals surface area contributed by atoms with Gasteiger partial charge in [-0.15, -0.1) is 0 Å². The third kappa shape index (κ3) is 5.38. The second kappa shape index (κ2) is 7.12. The fraction of sp³-hybridized carbons (Fsp3) is 0.727. The molecular formula is C11H16ClF3N2O2. The van der Waals surface area contributed by atoms with Crippen LogP contribution in [0.5, 0.6) is 0 Å². The van der Waals surface area contributed by atoms with Gasteiger partial charge in [0.2, 0.25) is 0 Å². The number of ether oxygens (including phenoxy) is 1. The van der Waals surface area contributed by atoms with E-state index in [0.29, 0.717) is 17.3 Å². The standard InChI is InChI=1S/C11H16ClF3N2O2/c1-2-4-17-10(8(12)6-16-17)9(18)3-5-19-7-11(13,14)15/h6,9,18H,2-5,7H2,1H3. The van der Waals surface area contributed by atoms with Crippen LogP contribution in [-0.2, 0) is 11.3 Å². The number of hydrogen-bond donors (Lipinski definition) is 1. The van der Waals surface area contributed by atoms with E-state index < -0.39 is 18.9 Å². The van der Waals surface area contributed by atoms with E-state index in [1.165, 1.54) is 6.20 Å². The van der Waals surface area contributed by atoms with Crippen molar-refractivity contribution >= 4 is 11.6 Å². The Kier molecular flexibility index (Phi) is 6.09. The van der Waals surface area contributed by atoms with E-state index in [-0.39, 0.29) is 13.0 Å². The van der Waals surface area contributed by atoms with Crippen LogP contribution in [0, 0.1) is 0 Å². The molecule has 4 nitrogen and oxygen atoms in total. The van der Waals surface area contributed by atoms with Crippen LogP contribution in [0.25, 0.3) is 0 Å². The molecule has 8 heteroatoms. The van der Waals surface area contributed by atoms with Crippen LogP contribution in [-0.4, -0.2) is 34.3 Å². The summed E-state index contributed by atoms with van der Waals surface area (Å²) >= 11 is 5.90. The Morgan fingerprint density at radius 2 is 2.21 bits per heavy atom. The van der Waals surface area contributed by atoms with Gasteiger partial charge in [0, 0.05) is 19.6 Å². The lowest BCUT2D eigenvalue weighted by Gasteiger charge is -2.14. The Morgan fingerprint density at radius 3 is 2.79 bits per heavy atom. The molecule has 1 aromatic rings. The lowest BCUT2D eigenvalue weighted by Crippen LogP contribution is -2.18. The van der Waals surface area contributed by atoms with Gasteiger partial charge in [-0.1, -0.05) is 18.5 Å². The maximum absolute atomic E-state index is 11.9. The van der Waals surface area contributed by atoms with E-state index in [4.69, 9.17) is 11.6 Å². The average molecular weight is 301 g/mol. The van der Waals surface area contributed by atoms with Crippen molar-refractivity contribution in [2.45, 2.75) is 38.6 Å². The molecule has 1 N–H and O–H groups in total. The molecule has 1 atom stereocenters. The van der Waals surface area contributed by atoms with Gasteiger partial charge in [-0.2, -0.15) is 18.3 Å². The summed E-state index contributed by atoms with van der Waals surface area (Å²) < 4.78 is 41.6. The lowest BCUT2D eigenvalue weighted by atomic mass is 10.2. The molecule has 0 aliphatic heterocycles. The number of aliphatic hydroxyl groups excluding tert-OH is 1. The van der Waals surface area contributed by atoms with Gasteiger partial charge in [-0.05, 0) is 6.42 Å². The number of aromatic nitrogens is 2. The maximum Gasteiger partial charge on any atom is 0.411 e. The van der Waals surface area contributed by atoms with Gasteiger partial charge in [-0.3, -0.25) is 4.68 Å². The van der Waals surface area contributed by atoms with Gasteiger partial charge in [0.25, 0.3) is 0 Å². The predicted molar refractivity (Wildman–Crippen MR) is 64.0 cm³/mol. The largest absolute Gasteiger partial charge is 0.411 e. The number of nitrogens with zero attached hydrogens (tertiary/aromatic N) is 2. The smallest absolute Gasteiger partial charge is 0.387 e. The van der Waals surface area contributed by atoms with Gasteiger partial charge >= 0.3 is 6.18 Å². The van der Waals surface area contributed by atoms with E-state index >= 15 is 0 Å². The van der Waals surface area contributed by atoms with E-state index in [0.717, 1.165) is 6.42 Å². The second-order valence-electron chi connectivity index (χ2n) is 4.07. The third-order valence-electron chi connectivity index (χ3n) is 2.39. The fourth-order valence-corrected chi connectivity index (χ4v) is 1.88. The van der Waals surface area contributed by atoms with Crippen molar-refractivity contribution in [1.82, 2.24) is 9.78 Å². The van der Waals surface area contributed by atoms with E-state index in [9.17, 15) is 18.3 Å². The summed E-state index contributed by atoms with van der Waals surface area (Å²) in [6.07, 6.45) is -3.10. The number of alkyl halides is 3. The molecule has 1 heterocycles. The fourth-order valence-electron chi connectivity index (χ4n) is 1.61. The predicted octanol–water partition coefficient (Wildman–Crippen LogP) is 2.95. The van der Waals surface area contributed by atoms with Gasteiger partial charge in [0.1, 0.15) is 6.61 Å².